The smallest absolute Gasteiger partial charge is 0.317 e. The molecule has 1 aromatic rings. The van der Waals surface area contributed by atoms with Gasteiger partial charge in [-0.2, -0.15) is 5.10 Å². The van der Waals surface area contributed by atoms with Crippen LogP contribution in [0.5, 0.6) is 0 Å². The number of carbonyl (C=O) groups excluding carboxylic acids is 1. The Hall–Kier alpha value is -1.60. The first kappa shape index (κ1) is 16.3. The van der Waals surface area contributed by atoms with E-state index in [0.717, 1.165) is 19.3 Å². The molecule has 128 valence electrons. The van der Waals surface area contributed by atoms with E-state index in [9.17, 15) is 4.79 Å². The summed E-state index contributed by atoms with van der Waals surface area (Å²) in [6.07, 6.45) is 4.49. The van der Waals surface area contributed by atoms with E-state index < -0.39 is 0 Å². The van der Waals surface area contributed by atoms with Crippen molar-refractivity contribution in [3.8, 4) is 0 Å². The van der Waals surface area contributed by atoms with Gasteiger partial charge >= 0.3 is 6.03 Å². The molecule has 2 aliphatic rings. The standard InChI is InChI=1S/C16H26N4O3/c1-16(2)10-20(8-13(23-16)9-22-3)15(21)18-12-4-5-14-11(6-12)7-17-19-14/h7,12-13H,4-6,8-10H2,1-3H3,(H,17,19)(H,18,21). The van der Waals surface area contributed by atoms with Crippen molar-refractivity contribution in [2.45, 2.75) is 50.9 Å². The summed E-state index contributed by atoms with van der Waals surface area (Å²) in [6.45, 7) is 5.66. The maximum atomic E-state index is 12.6. The molecule has 2 unspecified atom stereocenters. The Balaban J connectivity index is 1.59. The summed E-state index contributed by atoms with van der Waals surface area (Å²) in [6, 6.07) is 0.152. The third kappa shape index (κ3) is 3.84. The number of morpholine rings is 1. The molecule has 1 aliphatic heterocycles. The van der Waals surface area contributed by atoms with Gasteiger partial charge in [-0.25, -0.2) is 4.79 Å². The van der Waals surface area contributed by atoms with E-state index >= 15 is 0 Å². The summed E-state index contributed by atoms with van der Waals surface area (Å²) in [5.74, 6) is 0. The largest absolute Gasteiger partial charge is 0.382 e. The molecule has 0 aromatic carbocycles. The van der Waals surface area contributed by atoms with E-state index in [4.69, 9.17) is 9.47 Å². The Morgan fingerprint density at radius 3 is 3.22 bits per heavy atom. The molecule has 2 atom stereocenters. The summed E-state index contributed by atoms with van der Waals surface area (Å²) < 4.78 is 11.2. The van der Waals surface area contributed by atoms with Crippen LogP contribution in [-0.4, -0.2) is 65.7 Å². The number of hydrogen-bond acceptors (Lipinski definition) is 4. The second-order valence-electron chi connectivity index (χ2n) is 7.10. The highest BCUT2D eigenvalue weighted by molar-refractivity contribution is 5.75. The molecule has 1 aliphatic carbocycles. The highest BCUT2D eigenvalue weighted by Crippen LogP contribution is 2.23. The maximum absolute atomic E-state index is 12.6. The minimum atomic E-state index is -0.358. The zero-order valence-corrected chi connectivity index (χ0v) is 14.1. The lowest BCUT2D eigenvalue weighted by Crippen LogP contribution is -2.59. The molecule has 1 fully saturated rings. The van der Waals surface area contributed by atoms with Gasteiger partial charge in [-0.1, -0.05) is 0 Å². The van der Waals surface area contributed by atoms with Crippen LogP contribution in [0.1, 0.15) is 31.5 Å². The number of carbonyl (C=O) groups is 1. The van der Waals surface area contributed by atoms with Crippen molar-refractivity contribution in [1.29, 1.82) is 0 Å². The molecular formula is C16H26N4O3. The average Bonchev–Trinajstić information content (AvgIpc) is 2.93. The van der Waals surface area contributed by atoms with Gasteiger partial charge in [0.25, 0.3) is 0 Å². The fraction of sp³-hybridized carbons (Fsp3) is 0.750. The number of methoxy groups -OCH3 is 1. The Bertz CT molecular complexity index is 557. The molecule has 0 spiro atoms. The van der Waals surface area contributed by atoms with Crippen molar-refractivity contribution in [3.05, 3.63) is 17.5 Å². The van der Waals surface area contributed by atoms with Crippen LogP contribution < -0.4 is 5.32 Å². The molecule has 1 saturated heterocycles. The summed E-state index contributed by atoms with van der Waals surface area (Å²) in [5, 5.41) is 10.3. The summed E-state index contributed by atoms with van der Waals surface area (Å²) in [4.78, 5) is 14.5. The maximum Gasteiger partial charge on any atom is 0.317 e. The van der Waals surface area contributed by atoms with Crippen molar-refractivity contribution >= 4 is 6.03 Å². The van der Waals surface area contributed by atoms with Crippen molar-refractivity contribution in [2.24, 2.45) is 0 Å². The first-order valence-corrected chi connectivity index (χ1v) is 8.20. The Morgan fingerprint density at radius 1 is 1.61 bits per heavy atom. The van der Waals surface area contributed by atoms with Gasteiger partial charge in [0, 0.05) is 18.8 Å². The molecule has 0 radical (unpaired) electrons. The molecule has 2 amide bonds. The zero-order valence-electron chi connectivity index (χ0n) is 14.1. The van der Waals surface area contributed by atoms with Gasteiger partial charge in [-0.15, -0.1) is 0 Å². The fourth-order valence-corrected chi connectivity index (χ4v) is 3.53. The SMILES string of the molecule is COCC1CN(C(=O)NC2CCc3[nH]ncc3C2)CC(C)(C)O1. The fourth-order valence-electron chi connectivity index (χ4n) is 3.53. The number of aromatic nitrogens is 2. The van der Waals surface area contributed by atoms with E-state index in [-0.39, 0.29) is 23.8 Å². The Morgan fingerprint density at radius 2 is 2.43 bits per heavy atom. The summed E-state index contributed by atoms with van der Waals surface area (Å²) >= 11 is 0. The molecule has 0 bridgehead atoms. The highest BCUT2D eigenvalue weighted by Gasteiger charge is 2.36. The van der Waals surface area contributed by atoms with Crippen LogP contribution in [0.25, 0.3) is 0 Å². The van der Waals surface area contributed by atoms with Crippen molar-refractivity contribution in [1.82, 2.24) is 20.4 Å². The van der Waals surface area contributed by atoms with E-state index in [2.05, 4.69) is 15.5 Å². The van der Waals surface area contributed by atoms with Gasteiger partial charge in [0.05, 0.1) is 37.6 Å². The number of amides is 2. The van der Waals surface area contributed by atoms with Crippen LogP contribution in [0.2, 0.25) is 0 Å². The first-order valence-electron chi connectivity index (χ1n) is 8.20. The van der Waals surface area contributed by atoms with Crippen LogP contribution in [-0.2, 0) is 22.3 Å². The number of ether oxygens (including phenoxy) is 2. The predicted octanol–water partition coefficient (Wildman–Crippen LogP) is 1.10. The van der Waals surface area contributed by atoms with Crippen LogP contribution >= 0.6 is 0 Å². The monoisotopic (exact) mass is 322 g/mol. The van der Waals surface area contributed by atoms with Gasteiger partial charge in [0.1, 0.15) is 0 Å². The van der Waals surface area contributed by atoms with Crippen molar-refractivity contribution < 1.29 is 14.3 Å². The summed E-state index contributed by atoms with van der Waals surface area (Å²) in [7, 11) is 1.65. The first-order chi connectivity index (χ1) is 11.0. The van der Waals surface area contributed by atoms with Gasteiger partial charge < -0.3 is 19.7 Å². The van der Waals surface area contributed by atoms with Crippen LogP contribution in [0.4, 0.5) is 4.79 Å². The molecule has 23 heavy (non-hydrogen) atoms. The minimum absolute atomic E-state index is 0.0144. The number of nitrogens with one attached hydrogen (secondary N) is 2. The van der Waals surface area contributed by atoms with Gasteiger partial charge in [0.2, 0.25) is 0 Å². The highest BCUT2D eigenvalue weighted by atomic mass is 16.5. The number of nitrogens with zero attached hydrogens (tertiary/aromatic N) is 2. The number of aryl methyl sites for hydroxylation is 1. The molecule has 2 heterocycles. The second-order valence-corrected chi connectivity index (χ2v) is 7.10. The van der Waals surface area contributed by atoms with E-state index in [1.54, 1.807) is 7.11 Å². The molecular weight excluding hydrogens is 296 g/mol. The van der Waals surface area contributed by atoms with E-state index in [0.29, 0.717) is 19.7 Å². The van der Waals surface area contributed by atoms with Gasteiger partial charge in [-0.3, -0.25) is 5.10 Å². The van der Waals surface area contributed by atoms with Crippen LogP contribution in [0.3, 0.4) is 0 Å². The lowest BCUT2D eigenvalue weighted by Gasteiger charge is -2.43. The van der Waals surface area contributed by atoms with Gasteiger partial charge in [-0.05, 0) is 38.7 Å². The van der Waals surface area contributed by atoms with Gasteiger partial charge in [0.15, 0.2) is 0 Å². The average molecular weight is 322 g/mol. The second kappa shape index (κ2) is 6.49. The molecule has 1 aromatic heterocycles. The molecule has 7 heteroatoms. The molecule has 2 N–H and O–H groups in total. The number of rotatable bonds is 3. The normalized spacial score (nSPS) is 26.7. The number of H-pyrrole nitrogens is 1. The third-order valence-electron chi connectivity index (χ3n) is 4.47. The zero-order chi connectivity index (χ0) is 16.4. The Labute approximate surface area is 136 Å². The molecule has 3 rings (SSSR count). The van der Waals surface area contributed by atoms with E-state index in [1.165, 1.54) is 11.3 Å². The predicted molar refractivity (Wildman–Crippen MR) is 85.3 cm³/mol. The third-order valence-corrected chi connectivity index (χ3v) is 4.47. The molecule has 0 saturated carbocycles. The Kier molecular flexibility index (Phi) is 4.59. The lowest BCUT2D eigenvalue weighted by atomic mass is 9.94. The minimum Gasteiger partial charge on any atom is -0.382 e. The number of hydrogen-bond donors (Lipinski definition) is 2. The number of aromatic amines is 1. The topological polar surface area (TPSA) is 79.5 Å². The van der Waals surface area contributed by atoms with Crippen LogP contribution in [0, 0.1) is 0 Å². The van der Waals surface area contributed by atoms with Crippen molar-refractivity contribution in [3.63, 3.8) is 0 Å². The van der Waals surface area contributed by atoms with Crippen LogP contribution in [0.15, 0.2) is 6.20 Å². The summed E-state index contributed by atoms with van der Waals surface area (Å²) in [5.41, 5.74) is 2.05. The number of urea groups is 1. The number of fused-ring (bicyclic) bond motifs is 1. The quantitative estimate of drug-likeness (QED) is 0.873. The lowest BCUT2D eigenvalue weighted by molar-refractivity contribution is -0.142. The van der Waals surface area contributed by atoms with E-state index in [1.807, 2.05) is 24.9 Å². The van der Waals surface area contributed by atoms with Crippen molar-refractivity contribution in [2.75, 3.05) is 26.8 Å². The molecule has 7 nitrogen and oxygen atoms in total.